The van der Waals surface area contributed by atoms with Crippen LogP contribution in [0.4, 0.5) is 11.4 Å². The molecular formula is C66H60N4O. The predicted octanol–water partition coefficient (Wildman–Crippen LogP) is 17.0. The van der Waals surface area contributed by atoms with Crippen LogP contribution in [0, 0.1) is 0 Å². The number of hydrogen-bond donors (Lipinski definition) is 0. The first-order valence-electron chi connectivity index (χ1n) is 24.8. The van der Waals surface area contributed by atoms with Crippen LogP contribution in [-0.2, 0) is 16.2 Å². The molecule has 71 heavy (non-hydrogen) atoms. The SMILES string of the molecule is CC(C)(C)c1cc(-c2ccccc2)cc(N2C=CN(c3cc(Oc4cc(C(C)(C)c5ccccc5)c5c6ccccc6n(-c6cc(C(C)(C)c7ccccc7)ccn6)c5c4)cc(-c4ccccc4)c3)C2)c1. The molecule has 0 saturated carbocycles. The summed E-state index contributed by atoms with van der Waals surface area (Å²) in [4.78, 5) is 9.78. The zero-order valence-corrected chi connectivity index (χ0v) is 41.8. The Kier molecular flexibility index (Phi) is 11.5. The lowest BCUT2D eigenvalue weighted by atomic mass is 9.76. The van der Waals surface area contributed by atoms with Crippen LogP contribution in [0.1, 0.15) is 76.3 Å². The van der Waals surface area contributed by atoms with Crippen molar-refractivity contribution in [2.24, 2.45) is 0 Å². The van der Waals surface area contributed by atoms with Crippen molar-refractivity contribution < 1.29 is 4.74 Å². The fourth-order valence-electron chi connectivity index (χ4n) is 10.3. The molecule has 3 heterocycles. The standard InChI is InChI=1S/C66H60N4O/c1-64(2,3)53-36-48(46-22-12-8-13-23-46)37-54(40-53)68-34-35-69(45-68)55-38-49(47-24-14-9-15-25-47)39-56(42-55)71-57-43-59(66(6,7)51-28-18-11-19-29-51)63-58-30-20-21-31-60(58)70(61(63)44-57)62-41-52(32-33-67-62)65(4,5)50-26-16-10-17-27-50/h8-44H,45H2,1-7H3. The van der Waals surface area contributed by atoms with Gasteiger partial charge in [0.25, 0.3) is 0 Å². The molecule has 8 aromatic carbocycles. The van der Waals surface area contributed by atoms with E-state index < -0.39 is 5.41 Å². The van der Waals surface area contributed by atoms with Gasteiger partial charge >= 0.3 is 0 Å². The van der Waals surface area contributed by atoms with Crippen molar-refractivity contribution in [3.63, 3.8) is 0 Å². The molecule has 5 heteroatoms. The lowest BCUT2D eigenvalue weighted by molar-refractivity contribution is 0.481. The highest BCUT2D eigenvalue weighted by Gasteiger charge is 2.31. The van der Waals surface area contributed by atoms with E-state index in [1.807, 2.05) is 6.20 Å². The van der Waals surface area contributed by atoms with Crippen LogP contribution in [-0.4, -0.2) is 16.2 Å². The molecule has 0 amide bonds. The molecule has 0 bridgehead atoms. The van der Waals surface area contributed by atoms with Crippen LogP contribution in [0.15, 0.2) is 225 Å². The highest BCUT2D eigenvalue weighted by Crippen LogP contribution is 2.46. The van der Waals surface area contributed by atoms with Gasteiger partial charge in [-0.2, -0.15) is 0 Å². The van der Waals surface area contributed by atoms with Gasteiger partial charge in [-0.25, -0.2) is 4.98 Å². The number of nitrogens with zero attached hydrogens (tertiary/aromatic N) is 4. The van der Waals surface area contributed by atoms with Gasteiger partial charge in [0, 0.05) is 63.7 Å². The Morgan fingerprint density at radius 1 is 0.423 bits per heavy atom. The zero-order chi connectivity index (χ0) is 48.9. The molecule has 10 aromatic rings. The fraction of sp³-hybridized carbons (Fsp3) is 0.167. The molecule has 0 fully saturated rings. The molecule has 0 radical (unpaired) electrons. The summed E-state index contributed by atoms with van der Waals surface area (Å²) in [6.07, 6.45) is 6.34. The topological polar surface area (TPSA) is 33.5 Å². The second-order valence-electron chi connectivity index (χ2n) is 21.0. The number of anilines is 2. The summed E-state index contributed by atoms with van der Waals surface area (Å²) >= 11 is 0. The van der Waals surface area contributed by atoms with E-state index in [1.165, 1.54) is 49.7 Å². The van der Waals surface area contributed by atoms with Crippen LogP contribution in [0.25, 0.3) is 49.9 Å². The molecule has 0 unspecified atom stereocenters. The first-order valence-corrected chi connectivity index (χ1v) is 24.8. The average Bonchev–Trinajstić information content (AvgIpc) is 4.03. The first kappa shape index (κ1) is 45.3. The molecule has 1 aliphatic heterocycles. The van der Waals surface area contributed by atoms with Gasteiger partial charge in [-0.05, 0) is 104 Å². The van der Waals surface area contributed by atoms with Crippen LogP contribution in [0.5, 0.6) is 11.5 Å². The van der Waals surface area contributed by atoms with Crippen molar-refractivity contribution in [2.75, 3.05) is 16.5 Å². The highest BCUT2D eigenvalue weighted by atomic mass is 16.5. The molecule has 11 rings (SSSR count). The van der Waals surface area contributed by atoms with E-state index in [1.54, 1.807) is 0 Å². The smallest absolute Gasteiger partial charge is 0.137 e. The summed E-state index contributed by atoms with van der Waals surface area (Å²) in [5.74, 6) is 2.37. The second-order valence-corrected chi connectivity index (χ2v) is 21.0. The van der Waals surface area contributed by atoms with E-state index in [0.29, 0.717) is 6.67 Å². The predicted molar refractivity (Wildman–Crippen MR) is 297 cm³/mol. The summed E-state index contributed by atoms with van der Waals surface area (Å²) in [6.45, 7) is 16.7. The van der Waals surface area contributed by atoms with Crippen LogP contribution >= 0.6 is 0 Å². The molecule has 0 N–H and O–H groups in total. The summed E-state index contributed by atoms with van der Waals surface area (Å²) in [6, 6.07) is 74.1. The van der Waals surface area contributed by atoms with E-state index in [4.69, 9.17) is 9.72 Å². The molecule has 1 aliphatic rings. The Hall–Kier alpha value is -8.15. The minimum absolute atomic E-state index is 0.0215. The number of para-hydroxylation sites is 1. The van der Waals surface area contributed by atoms with Crippen molar-refractivity contribution in [3.05, 3.63) is 253 Å². The number of fused-ring (bicyclic) bond motifs is 3. The zero-order valence-electron chi connectivity index (χ0n) is 41.8. The first-order chi connectivity index (χ1) is 34.3. The monoisotopic (exact) mass is 924 g/mol. The Labute approximate surface area is 419 Å². The second kappa shape index (κ2) is 18.0. The molecule has 2 aromatic heterocycles. The molecule has 5 nitrogen and oxygen atoms in total. The third-order valence-corrected chi connectivity index (χ3v) is 14.6. The minimum atomic E-state index is -0.399. The van der Waals surface area contributed by atoms with Crippen molar-refractivity contribution in [1.29, 1.82) is 0 Å². The fourth-order valence-corrected chi connectivity index (χ4v) is 10.3. The number of ether oxygens (including phenoxy) is 1. The van der Waals surface area contributed by atoms with Crippen LogP contribution < -0.4 is 14.5 Å². The maximum absolute atomic E-state index is 7.27. The number of rotatable bonds is 11. The third kappa shape index (κ3) is 8.67. The summed E-state index contributed by atoms with van der Waals surface area (Å²) in [5.41, 5.74) is 14.4. The van der Waals surface area contributed by atoms with Crippen molar-refractivity contribution in [1.82, 2.24) is 9.55 Å². The van der Waals surface area contributed by atoms with Gasteiger partial charge in [-0.15, -0.1) is 0 Å². The molecular weight excluding hydrogens is 865 g/mol. The number of benzene rings is 8. The van der Waals surface area contributed by atoms with E-state index in [2.05, 4.69) is 281 Å². The van der Waals surface area contributed by atoms with Crippen molar-refractivity contribution >= 4 is 33.2 Å². The number of aromatic nitrogens is 2. The van der Waals surface area contributed by atoms with Gasteiger partial charge in [-0.3, -0.25) is 4.57 Å². The summed E-state index contributed by atoms with van der Waals surface area (Å²) in [5, 5.41) is 2.36. The molecule has 350 valence electrons. The molecule has 0 saturated heterocycles. The molecule has 0 aliphatic carbocycles. The maximum Gasteiger partial charge on any atom is 0.137 e. The van der Waals surface area contributed by atoms with Gasteiger partial charge in [0.05, 0.1) is 17.7 Å². The van der Waals surface area contributed by atoms with Gasteiger partial charge in [0.2, 0.25) is 0 Å². The van der Waals surface area contributed by atoms with E-state index in [9.17, 15) is 0 Å². The van der Waals surface area contributed by atoms with Gasteiger partial charge in [-0.1, -0.05) is 194 Å². The quantitative estimate of drug-likeness (QED) is 0.129. The summed E-state index contributed by atoms with van der Waals surface area (Å²) in [7, 11) is 0. The molecule has 0 atom stereocenters. The van der Waals surface area contributed by atoms with Gasteiger partial charge < -0.3 is 14.5 Å². The minimum Gasteiger partial charge on any atom is -0.457 e. The number of hydrogen-bond acceptors (Lipinski definition) is 4. The third-order valence-electron chi connectivity index (χ3n) is 14.6. The van der Waals surface area contributed by atoms with Crippen molar-refractivity contribution in [3.8, 4) is 39.6 Å². The van der Waals surface area contributed by atoms with E-state index in [-0.39, 0.29) is 10.8 Å². The van der Waals surface area contributed by atoms with Crippen LogP contribution in [0.2, 0.25) is 0 Å². The lowest BCUT2D eigenvalue weighted by Crippen LogP contribution is -2.25. The molecule has 0 spiro atoms. The lowest BCUT2D eigenvalue weighted by Gasteiger charge is -2.28. The highest BCUT2D eigenvalue weighted by molar-refractivity contribution is 6.12. The normalized spacial score (nSPS) is 13.1. The Morgan fingerprint density at radius 3 is 1.58 bits per heavy atom. The van der Waals surface area contributed by atoms with E-state index in [0.717, 1.165) is 50.9 Å². The largest absolute Gasteiger partial charge is 0.457 e. The van der Waals surface area contributed by atoms with E-state index >= 15 is 0 Å². The van der Waals surface area contributed by atoms with Crippen LogP contribution in [0.3, 0.4) is 0 Å². The average molecular weight is 925 g/mol. The Bertz CT molecular complexity index is 3570. The van der Waals surface area contributed by atoms with Gasteiger partial charge in [0.1, 0.15) is 17.3 Å². The Balaban J connectivity index is 1.04. The number of pyridine rings is 1. The maximum atomic E-state index is 7.27. The van der Waals surface area contributed by atoms with Crippen molar-refractivity contribution in [2.45, 2.75) is 64.7 Å². The summed E-state index contributed by atoms with van der Waals surface area (Å²) < 4.78 is 9.61. The Morgan fingerprint density at radius 2 is 0.958 bits per heavy atom. The van der Waals surface area contributed by atoms with Gasteiger partial charge in [0.15, 0.2) is 0 Å².